The molecule has 1 heterocycles. The van der Waals surface area contributed by atoms with Gasteiger partial charge in [-0.05, 0) is 29.8 Å². The van der Waals surface area contributed by atoms with E-state index in [1.807, 2.05) is 24.3 Å². The van der Waals surface area contributed by atoms with Crippen LogP contribution in [0, 0.1) is 0 Å². The summed E-state index contributed by atoms with van der Waals surface area (Å²) in [5, 5.41) is 0. The second-order valence-electron chi connectivity index (χ2n) is 6.85. The highest BCUT2D eigenvalue weighted by Gasteiger charge is 2.14. The Morgan fingerprint density at radius 1 is 1.04 bits per heavy atom. The molecule has 0 atom stereocenters. The number of carbonyl (C=O) groups is 2. The van der Waals surface area contributed by atoms with Gasteiger partial charge in [0.2, 0.25) is 0 Å². The lowest BCUT2D eigenvalue weighted by Crippen LogP contribution is -2.38. The number of nitrogen functional groups attached to an aromatic ring is 1. The number of para-hydroxylation sites is 1. The van der Waals surface area contributed by atoms with E-state index in [0.29, 0.717) is 17.9 Å². The van der Waals surface area contributed by atoms with Gasteiger partial charge in [-0.1, -0.05) is 24.3 Å². The quantitative estimate of drug-likeness (QED) is 0.407. The summed E-state index contributed by atoms with van der Waals surface area (Å²) in [5.41, 5.74) is 7.46. The van der Waals surface area contributed by atoms with E-state index in [2.05, 4.69) is 4.90 Å². The summed E-state index contributed by atoms with van der Waals surface area (Å²) < 4.78 is 11.1. The Labute approximate surface area is 165 Å². The topological polar surface area (TPSA) is 81.9 Å². The molecule has 0 unspecified atom stereocenters. The molecule has 0 aromatic heterocycles. The first-order valence-corrected chi connectivity index (χ1v) is 9.53. The van der Waals surface area contributed by atoms with Crippen LogP contribution in [0.25, 0.3) is 0 Å². The molecule has 1 saturated heterocycles. The first-order valence-electron chi connectivity index (χ1n) is 9.53. The van der Waals surface area contributed by atoms with Gasteiger partial charge in [0.1, 0.15) is 18.1 Å². The minimum absolute atomic E-state index is 0.130. The van der Waals surface area contributed by atoms with Crippen molar-refractivity contribution in [3.8, 4) is 5.75 Å². The zero-order chi connectivity index (χ0) is 19.8. The van der Waals surface area contributed by atoms with Gasteiger partial charge < -0.3 is 15.2 Å². The van der Waals surface area contributed by atoms with Crippen LogP contribution in [0.2, 0.25) is 0 Å². The molecule has 1 aliphatic heterocycles. The van der Waals surface area contributed by atoms with Crippen molar-refractivity contribution in [2.45, 2.75) is 12.8 Å². The van der Waals surface area contributed by atoms with Crippen LogP contribution in [-0.2, 0) is 16.0 Å². The third-order valence-corrected chi connectivity index (χ3v) is 4.72. The highest BCUT2D eigenvalue weighted by molar-refractivity contribution is 6.10. The Kier molecular flexibility index (Phi) is 7.17. The average molecular weight is 382 g/mol. The van der Waals surface area contributed by atoms with Crippen LogP contribution in [0.5, 0.6) is 5.75 Å². The molecule has 148 valence electrons. The van der Waals surface area contributed by atoms with E-state index >= 15 is 0 Å². The Hall–Kier alpha value is -2.70. The molecule has 0 bridgehead atoms. The summed E-state index contributed by atoms with van der Waals surface area (Å²) in [7, 11) is 0. The second-order valence-corrected chi connectivity index (χ2v) is 6.85. The van der Waals surface area contributed by atoms with Gasteiger partial charge in [0, 0.05) is 37.3 Å². The largest absolute Gasteiger partial charge is 0.492 e. The summed E-state index contributed by atoms with van der Waals surface area (Å²) in [6.45, 7) is 4.93. The van der Waals surface area contributed by atoms with Gasteiger partial charge in [-0.3, -0.25) is 14.5 Å². The Balaban J connectivity index is 1.43. The zero-order valence-corrected chi connectivity index (χ0v) is 15.9. The van der Waals surface area contributed by atoms with Gasteiger partial charge in [-0.25, -0.2) is 0 Å². The van der Waals surface area contributed by atoms with Crippen molar-refractivity contribution in [3.05, 3.63) is 59.7 Å². The molecule has 6 heteroatoms. The van der Waals surface area contributed by atoms with Crippen LogP contribution in [0.4, 0.5) is 5.69 Å². The van der Waals surface area contributed by atoms with Gasteiger partial charge in [0.25, 0.3) is 0 Å². The Morgan fingerprint density at radius 3 is 2.46 bits per heavy atom. The number of ketones is 2. The number of ether oxygens (including phenoxy) is 2. The Morgan fingerprint density at radius 2 is 1.75 bits per heavy atom. The van der Waals surface area contributed by atoms with Crippen molar-refractivity contribution in [3.63, 3.8) is 0 Å². The third-order valence-electron chi connectivity index (χ3n) is 4.72. The SMILES string of the molecule is Nc1ccccc1C(=O)CC(=O)Cc1ccc(OCCN2CCOCC2)cc1. The summed E-state index contributed by atoms with van der Waals surface area (Å²) in [4.78, 5) is 26.8. The minimum Gasteiger partial charge on any atom is -0.492 e. The first kappa shape index (κ1) is 20.0. The van der Waals surface area contributed by atoms with E-state index < -0.39 is 0 Å². The van der Waals surface area contributed by atoms with Crippen molar-refractivity contribution in [2.75, 3.05) is 45.2 Å². The van der Waals surface area contributed by atoms with E-state index in [1.54, 1.807) is 24.3 Å². The van der Waals surface area contributed by atoms with Gasteiger partial charge in [-0.15, -0.1) is 0 Å². The minimum atomic E-state index is -0.244. The third kappa shape index (κ3) is 5.90. The smallest absolute Gasteiger partial charge is 0.172 e. The van der Waals surface area contributed by atoms with Crippen molar-refractivity contribution >= 4 is 17.3 Å². The number of Topliss-reactive ketones (excluding diaryl/α,β-unsaturated/α-hetero) is 2. The van der Waals surface area contributed by atoms with Crippen LogP contribution < -0.4 is 10.5 Å². The number of rotatable bonds is 9. The van der Waals surface area contributed by atoms with E-state index in [4.69, 9.17) is 15.2 Å². The van der Waals surface area contributed by atoms with Crippen LogP contribution in [0.3, 0.4) is 0 Å². The molecule has 6 nitrogen and oxygen atoms in total. The average Bonchev–Trinajstić information content (AvgIpc) is 2.70. The number of hydrogen-bond acceptors (Lipinski definition) is 6. The maximum Gasteiger partial charge on any atom is 0.172 e. The Bertz CT molecular complexity index is 798. The lowest BCUT2D eigenvalue weighted by molar-refractivity contribution is -0.117. The number of nitrogens with zero attached hydrogens (tertiary/aromatic N) is 1. The summed E-state index contributed by atoms with van der Waals surface area (Å²) >= 11 is 0. The lowest BCUT2D eigenvalue weighted by atomic mass is 10.0. The highest BCUT2D eigenvalue weighted by atomic mass is 16.5. The number of hydrogen-bond donors (Lipinski definition) is 1. The highest BCUT2D eigenvalue weighted by Crippen LogP contribution is 2.16. The molecule has 0 saturated carbocycles. The molecular weight excluding hydrogens is 356 g/mol. The zero-order valence-electron chi connectivity index (χ0n) is 15.9. The van der Waals surface area contributed by atoms with E-state index in [-0.39, 0.29) is 24.4 Å². The molecule has 3 rings (SSSR count). The van der Waals surface area contributed by atoms with Crippen LogP contribution in [0.1, 0.15) is 22.3 Å². The molecule has 2 aromatic carbocycles. The first-order chi connectivity index (χ1) is 13.6. The van der Waals surface area contributed by atoms with E-state index in [0.717, 1.165) is 44.2 Å². The van der Waals surface area contributed by atoms with Crippen molar-refractivity contribution in [2.24, 2.45) is 0 Å². The molecule has 2 aromatic rings. The van der Waals surface area contributed by atoms with Crippen molar-refractivity contribution in [1.82, 2.24) is 4.90 Å². The molecule has 2 N–H and O–H groups in total. The summed E-state index contributed by atoms with van der Waals surface area (Å²) in [5.74, 6) is 0.401. The van der Waals surface area contributed by atoms with Crippen molar-refractivity contribution in [1.29, 1.82) is 0 Å². The fourth-order valence-corrected chi connectivity index (χ4v) is 3.14. The number of morpholine rings is 1. The molecular formula is C22H26N2O4. The number of anilines is 1. The fourth-order valence-electron chi connectivity index (χ4n) is 3.14. The number of carbonyl (C=O) groups excluding carboxylic acids is 2. The van der Waals surface area contributed by atoms with Crippen LogP contribution in [-0.4, -0.2) is 55.9 Å². The van der Waals surface area contributed by atoms with Gasteiger partial charge >= 0.3 is 0 Å². The fraction of sp³-hybridized carbons (Fsp3) is 0.364. The molecule has 1 fully saturated rings. The predicted molar refractivity (Wildman–Crippen MR) is 108 cm³/mol. The van der Waals surface area contributed by atoms with Crippen LogP contribution >= 0.6 is 0 Å². The van der Waals surface area contributed by atoms with E-state index in [1.165, 1.54) is 0 Å². The van der Waals surface area contributed by atoms with Crippen LogP contribution in [0.15, 0.2) is 48.5 Å². The number of benzene rings is 2. The predicted octanol–water partition coefficient (Wildman–Crippen LogP) is 2.36. The summed E-state index contributed by atoms with van der Waals surface area (Å²) in [6, 6.07) is 14.3. The number of nitrogens with two attached hydrogens (primary N) is 1. The molecule has 0 aliphatic carbocycles. The lowest BCUT2D eigenvalue weighted by Gasteiger charge is -2.26. The summed E-state index contributed by atoms with van der Waals surface area (Å²) in [6.07, 6.45) is 0.0680. The molecule has 1 aliphatic rings. The van der Waals surface area contributed by atoms with Gasteiger partial charge in [-0.2, -0.15) is 0 Å². The standard InChI is InChI=1S/C22H26N2O4/c23-21-4-2-1-3-20(21)22(26)16-18(25)15-17-5-7-19(8-6-17)28-14-11-24-9-12-27-13-10-24/h1-8H,9-16,23H2. The molecule has 0 amide bonds. The maximum atomic E-state index is 12.2. The van der Waals surface area contributed by atoms with Crippen molar-refractivity contribution < 1.29 is 19.1 Å². The molecule has 28 heavy (non-hydrogen) atoms. The maximum absolute atomic E-state index is 12.2. The van der Waals surface area contributed by atoms with Gasteiger partial charge in [0.05, 0.1) is 19.6 Å². The molecule has 0 spiro atoms. The van der Waals surface area contributed by atoms with Gasteiger partial charge in [0.15, 0.2) is 5.78 Å². The molecule has 0 radical (unpaired) electrons. The van der Waals surface area contributed by atoms with E-state index in [9.17, 15) is 9.59 Å². The second kappa shape index (κ2) is 10.0. The monoisotopic (exact) mass is 382 g/mol. The normalized spacial score (nSPS) is 14.6.